The lowest BCUT2D eigenvalue weighted by molar-refractivity contribution is 0.129. The van der Waals surface area contributed by atoms with Crippen molar-refractivity contribution in [3.63, 3.8) is 0 Å². The van der Waals surface area contributed by atoms with Crippen LogP contribution in [0, 0.1) is 0 Å². The minimum absolute atomic E-state index is 0.466. The molecule has 0 bridgehead atoms. The Morgan fingerprint density at radius 1 is 1.56 bits per heavy atom. The van der Waals surface area contributed by atoms with E-state index < -0.39 is 0 Å². The second-order valence-electron chi connectivity index (χ2n) is 4.28. The summed E-state index contributed by atoms with van der Waals surface area (Å²) in [5, 5.41) is 0.493. The van der Waals surface area contributed by atoms with Gasteiger partial charge in [0, 0.05) is 23.3 Å². The molecule has 1 aromatic carbocycles. The Hall–Kier alpha value is -0.670. The zero-order valence-corrected chi connectivity index (χ0v) is 10.5. The van der Waals surface area contributed by atoms with Gasteiger partial charge < -0.3 is 10.5 Å². The lowest BCUT2D eigenvalue weighted by Gasteiger charge is -2.15. The molecule has 16 heavy (non-hydrogen) atoms. The monoisotopic (exact) mass is 237 g/mol. The van der Waals surface area contributed by atoms with Crippen LogP contribution in [0.4, 0.5) is 5.69 Å². The van der Waals surface area contributed by atoms with E-state index in [1.807, 2.05) is 23.9 Å². The molecule has 0 amide bonds. The third kappa shape index (κ3) is 3.16. The highest BCUT2D eigenvalue weighted by Crippen LogP contribution is 2.31. The molecule has 1 aliphatic rings. The number of nitrogen functional groups attached to an aromatic ring is 1. The van der Waals surface area contributed by atoms with Crippen molar-refractivity contribution >= 4 is 17.4 Å². The van der Waals surface area contributed by atoms with Gasteiger partial charge in [-0.15, -0.1) is 0 Å². The van der Waals surface area contributed by atoms with Crippen LogP contribution in [-0.4, -0.2) is 18.5 Å². The molecule has 1 aromatic rings. The van der Waals surface area contributed by atoms with E-state index in [4.69, 9.17) is 10.5 Å². The van der Waals surface area contributed by atoms with Crippen molar-refractivity contribution in [2.75, 3.05) is 18.1 Å². The van der Waals surface area contributed by atoms with Gasteiger partial charge in [-0.1, -0.05) is 12.1 Å². The van der Waals surface area contributed by atoms with E-state index in [0.29, 0.717) is 11.4 Å². The van der Waals surface area contributed by atoms with Gasteiger partial charge in [-0.2, -0.15) is 11.8 Å². The zero-order chi connectivity index (χ0) is 11.4. The molecule has 2 nitrogen and oxygen atoms in total. The zero-order valence-electron chi connectivity index (χ0n) is 9.69. The molecule has 0 radical (unpaired) electrons. The molecule has 1 saturated heterocycles. The van der Waals surface area contributed by atoms with Crippen molar-refractivity contribution in [1.82, 2.24) is 0 Å². The largest absolute Gasteiger partial charge is 0.399 e. The summed E-state index contributed by atoms with van der Waals surface area (Å²) in [4.78, 5) is 0. The molecule has 1 fully saturated rings. The smallest absolute Gasteiger partial charge is 0.0666 e. The molecule has 0 spiro atoms. The molecule has 3 heteroatoms. The third-order valence-electron chi connectivity index (χ3n) is 2.94. The van der Waals surface area contributed by atoms with Gasteiger partial charge in [0.15, 0.2) is 0 Å². The SMILES string of the molecule is CC(SCC1CCCO1)c1cccc(N)c1. The summed E-state index contributed by atoms with van der Waals surface area (Å²) in [6, 6.07) is 8.16. The maximum atomic E-state index is 5.78. The summed E-state index contributed by atoms with van der Waals surface area (Å²) in [6.45, 7) is 3.17. The predicted molar refractivity (Wildman–Crippen MR) is 70.7 cm³/mol. The van der Waals surface area contributed by atoms with Crippen LogP contribution >= 0.6 is 11.8 Å². The summed E-state index contributed by atoms with van der Waals surface area (Å²) in [5.41, 5.74) is 7.94. The average molecular weight is 237 g/mol. The van der Waals surface area contributed by atoms with E-state index in [1.165, 1.54) is 18.4 Å². The van der Waals surface area contributed by atoms with Gasteiger partial charge in [0.05, 0.1) is 6.10 Å². The maximum absolute atomic E-state index is 5.78. The van der Waals surface area contributed by atoms with E-state index >= 15 is 0 Å². The van der Waals surface area contributed by atoms with Crippen LogP contribution in [0.15, 0.2) is 24.3 Å². The first-order valence-corrected chi connectivity index (χ1v) is 6.89. The van der Waals surface area contributed by atoms with Crippen LogP contribution in [0.3, 0.4) is 0 Å². The number of anilines is 1. The highest BCUT2D eigenvalue weighted by atomic mass is 32.2. The minimum Gasteiger partial charge on any atom is -0.399 e. The van der Waals surface area contributed by atoms with Gasteiger partial charge in [-0.3, -0.25) is 0 Å². The topological polar surface area (TPSA) is 35.2 Å². The van der Waals surface area contributed by atoms with E-state index in [-0.39, 0.29) is 0 Å². The summed E-state index contributed by atoms with van der Waals surface area (Å²) >= 11 is 1.95. The minimum atomic E-state index is 0.466. The van der Waals surface area contributed by atoms with Crippen LogP contribution < -0.4 is 5.73 Å². The normalized spacial score (nSPS) is 22.2. The quantitative estimate of drug-likeness (QED) is 0.816. The Labute approximate surface area is 102 Å². The number of hydrogen-bond acceptors (Lipinski definition) is 3. The Morgan fingerprint density at radius 3 is 3.12 bits per heavy atom. The molecule has 0 saturated carbocycles. The fourth-order valence-electron chi connectivity index (χ4n) is 1.94. The molecular formula is C13H19NOS. The van der Waals surface area contributed by atoms with E-state index in [2.05, 4.69) is 19.1 Å². The van der Waals surface area contributed by atoms with Crippen LogP contribution in [0.2, 0.25) is 0 Å². The van der Waals surface area contributed by atoms with Crippen molar-refractivity contribution in [3.8, 4) is 0 Å². The summed E-state index contributed by atoms with van der Waals surface area (Å²) in [7, 11) is 0. The molecule has 2 rings (SSSR count). The first-order chi connectivity index (χ1) is 7.75. The van der Waals surface area contributed by atoms with E-state index in [9.17, 15) is 0 Å². The third-order valence-corrected chi connectivity index (χ3v) is 4.27. The average Bonchev–Trinajstić information content (AvgIpc) is 2.78. The van der Waals surface area contributed by atoms with Crippen molar-refractivity contribution in [3.05, 3.63) is 29.8 Å². The molecule has 2 unspecified atom stereocenters. The first kappa shape index (κ1) is 11.8. The van der Waals surface area contributed by atoms with Gasteiger partial charge in [0.2, 0.25) is 0 Å². The fourth-order valence-corrected chi connectivity index (χ4v) is 3.04. The highest BCUT2D eigenvalue weighted by Gasteiger charge is 2.17. The van der Waals surface area contributed by atoms with Crippen molar-refractivity contribution < 1.29 is 4.74 Å². The van der Waals surface area contributed by atoms with Gasteiger partial charge in [-0.05, 0) is 37.5 Å². The number of ether oxygens (including phenoxy) is 1. The van der Waals surface area contributed by atoms with Gasteiger partial charge >= 0.3 is 0 Å². The molecule has 1 aliphatic heterocycles. The summed E-state index contributed by atoms with van der Waals surface area (Å²) in [6.07, 6.45) is 2.91. The van der Waals surface area contributed by atoms with Crippen LogP contribution in [0.25, 0.3) is 0 Å². The number of hydrogen-bond donors (Lipinski definition) is 1. The standard InChI is InChI=1S/C13H19NOS/c1-10(11-4-2-5-12(14)8-11)16-9-13-6-3-7-15-13/h2,4-5,8,10,13H,3,6-7,9,14H2,1H3. The van der Waals surface area contributed by atoms with Gasteiger partial charge in [0.1, 0.15) is 0 Å². The number of thioether (sulfide) groups is 1. The molecule has 0 aliphatic carbocycles. The number of rotatable bonds is 4. The molecule has 2 N–H and O–H groups in total. The van der Waals surface area contributed by atoms with E-state index in [0.717, 1.165) is 18.0 Å². The van der Waals surface area contributed by atoms with Crippen LogP contribution in [0.5, 0.6) is 0 Å². The Balaban J connectivity index is 1.85. The molecule has 1 heterocycles. The van der Waals surface area contributed by atoms with Crippen molar-refractivity contribution in [2.24, 2.45) is 0 Å². The number of nitrogens with two attached hydrogens (primary N) is 1. The van der Waals surface area contributed by atoms with Crippen molar-refractivity contribution in [1.29, 1.82) is 0 Å². The van der Waals surface area contributed by atoms with E-state index in [1.54, 1.807) is 0 Å². The Morgan fingerprint density at radius 2 is 2.44 bits per heavy atom. The van der Waals surface area contributed by atoms with Crippen molar-refractivity contribution in [2.45, 2.75) is 31.1 Å². The predicted octanol–water partition coefficient (Wildman–Crippen LogP) is 3.24. The molecule has 2 atom stereocenters. The lowest BCUT2D eigenvalue weighted by atomic mass is 10.1. The second-order valence-corrected chi connectivity index (χ2v) is 5.65. The Bertz CT molecular complexity index is 336. The maximum Gasteiger partial charge on any atom is 0.0666 e. The Kier molecular flexibility index (Phi) is 4.13. The lowest BCUT2D eigenvalue weighted by Crippen LogP contribution is -2.09. The summed E-state index contributed by atoms with van der Waals surface area (Å²) in [5.74, 6) is 1.09. The van der Waals surface area contributed by atoms with Gasteiger partial charge in [0.25, 0.3) is 0 Å². The molecule has 0 aromatic heterocycles. The number of benzene rings is 1. The molecular weight excluding hydrogens is 218 g/mol. The fraction of sp³-hybridized carbons (Fsp3) is 0.538. The second kappa shape index (κ2) is 5.60. The summed E-state index contributed by atoms with van der Waals surface area (Å²) < 4.78 is 5.62. The molecule has 88 valence electrons. The first-order valence-electron chi connectivity index (χ1n) is 5.84. The van der Waals surface area contributed by atoms with Gasteiger partial charge in [-0.25, -0.2) is 0 Å². The van der Waals surface area contributed by atoms with Crippen LogP contribution in [0.1, 0.15) is 30.6 Å². The van der Waals surface area contributed by atoms with Crippen LogP contribution in [-0.2, 0) is 4.74 Å². The highest BCUT2D eigenvalue weighted by molar-refractivity contribution is 7.99.